The van der Waals surface area contributed by atoms with E-state index < -0.39 is 17.8 Å². The molecule has 2 amide bonds. The number of carbonyl (C=O) groups excluding carboxylic acids is 3. The average molecular weight is 507 g/mol. The lowest BCUT2D eigenvalue weighted by Crippen LogP contribution is -2.14. The fraction of sp³-hybridized carbons (Fsp3) is 0.174. The largest absolute Gasteiger partial charge is 0.492 e. The predicted molar refractivity (Wildman–Crippen MR) is 130 cm³/mol. The van der Waals surface area contributed by atoms with Gasteiger partial charge in [-0.05, 0) is 49.7 Å². The molecule has 0 fully saturated rings. The summed E-state index contributed by atoms with van der Waals surface area (Å²) in [5, 5.41) is 6.17. The van der Waals surface area contributed by atoms with Gasteiger partial charge in [0.15, 0.2) is 0 Å². The number of nitrogens with one attached hydrogen (secondary N) is 2. The van der Waals surface area contributed by atoms with E-state index in [1.54, 1.807) is 31.2 Å². The van der Waals surface area contributed by atoms with E-state index in [2.05, 4.69) is 10.6 Å². The Balaban J connectivity index is 1.94. The summed E-state index contributed by atoms with van der Waals surface area (Å²) in [6.07, 6.45) is 0. The highest BCUT2D eigenvalue weighted by Gasteiger charge is 2.27. The van der Waals surface area contributed by atoms with E-state index in [-0.39, 0.29) is 26.0 Å². The third-order valence-electron chi connectivity index (χ3n) is 4.59. The van der Waals surface area contributed by atoms with Crippen LogP contribution in [0.4, 0.5) is 10.7 Å². The molecule has 0 saturated carbocycles. The van der Waals surface area contributed by atoms with Gasteiger partial charge in [-0.1, -0.05) is 35.3 Å². The second kappa shape index (κ2) is 10.7. The number of ether oxygens (including phenoxy) is 2. The number of hydrogen-bond acceptors (Lipinski definition) is 6. The average Bonchev–Trinajstić information content (AvgIpc) is 3.12. The molecule has 0 radical (unpaired) electrons. The van der Waals surface area contributed by atoms with Crippen molar-refractivity contribution in [2.24, 2.45) is 0 Å². The van der Waals surface area contributed by atoms with Crippen LogP contribution in [0.1, 0.15) is 42.9 Å². The van der Waals surface area contributed by atoms with Crippen LogP contribution in [0.2, 0.25) is 10.0 Å². The Labute approximate surface area is 204 Å². The maximum atomic E-state index is 13.1. The van der Waals surface area contributed by atoms with Crippen molar-refractivity contribution < 1.29 is 23.9 Å². The summed E-state index contributed by atoms with van der Waals surface area (Å²) in [7, 11) is 1.22. The van der Waals surface area contributed by atoms with E-state index in [1.807, 2.05) is 6.92 Å². The van der Waals surface area contributed by atoms with E-state index in [4.69, 9.17) is 32.7 Å². The van der Waals surface area contributed by atoms with Crippen LogP contribution in [-0.2, 0) is 4.74 Å². The first-order chi connectivity index (χ1) is 15.8. The van der Waals surface area contributed by atoms with Crippen LogP contribution in [0, 0.1) is 6.92 Å². The van der Waals surface area contributed by atoms with E-state index >= 15 is 0 Å². The third-order valence-corrected chi connectivity index (χ3v) is 6.53. The molecule has 0 aliphatic carbocycles. The number of methoxy groups -OCH3 is 1. The van der Waals surface area contributed by atoms with Gasteiger partial charge in [-0.15, -0.1) is 11.3 Å². The molecule has 0 unspecified atom stereocenters. The van der Waals surface area contributed by atoms with Crippen LogP contribution in [-0.4, -0.2) is 31.5 Å². The predicted octanol–water partition coefficient (Wildman–Crippen LogP) is 6.05. The second-order valence-corrected chi connectivity index (χ2v) is 8.55. The molecule has 2 N–H and O–H groups in total. The normalized spacial score (nSPS) is 10.5. The minimum absolute atomic E-state index is 0.0964. The highest BCUT2D eigenvalue weighted by molar-refractivity contribution is 7.19. The maximum absolute atomic E-state index is 13.1. The van der Waals surface area contributed by atoms with Gasteiger partial charge in [-0.25, -0.2) is 4.79 Å². The number of halogens is 2. The van der Waals surface area contributed by atoms with Crippen molar-refractivity contribution in [2.45, 2.75) is 13.8 Å². The fourth-order valence-corrected chi connectivity index (χ4v) is 4.39. The van der Waals surface area contributed by atoms with E-state index in [9.17, 15) is 14.4 Å². The second-order valence-electron chi connectivity index (χ2n) is 6.72. The lowest BCUT2D eigenvalue weighted by Gasteiger charge is -2.11. The molecule has 3 rings (SSSR count). The number of esters is 1. The molecule has 0 aliphatic rings. The number of benzene rings is 2. The molecular weight excluding hydrogens is 487 g/mol. The van der Waals surface area contributed by atoms with Gasteiger partial charge in [0.2, 0.25) is 0 Å². The third kappa shape index (κ3) is 5.47. The number of amides is 2. The van der Waals surface area contributed by atoms with Crippen LogP contribution in [0.3, 0.4) is 0 Å². The van der Waals surface area contributed by atoms with E-state index in [0.717, 1.165) is 11.3 Å². The van der Waals surface area contributed by atoms with E-state index in [1.165, 1.54) is 25.3 Å². The van der Waals surface area contributed by atoms with Crippen molar-refractivity contribution in [3.05, 3.63) is 74.1 Å². The smallest absolute Gasteiger partial charge is 0.341 e. The van der Waals surface area contributed by atoms with Crippen LogP contribution in [0.5, 0.6) is 5.75 Å². The SMILES string of the molecule is CCOc1ccccc1NC(=O)c1sc(NC(=O)c2ccc(Cl)c(Cl)c2)c(C(=O)OC)c1C. The zero-order chi connectivity index (χ0) is 24.1. The van der Waals surface area contributed by atoms with Gasteiger partial charge in [-0.2, -0.15) is 0 Å². The molecule has 7 nitrogen and oxygen atoms in total. The summed E-state index contributed by atoms with van der Waals surface area (Å²) in [6, 6.07) is 11.4. The van der Waals surface area contributed by atoms with Crippen molar-refractivity contribution in [3.8, 4) is 5.75 Å². The van der Waals surface area contributed by atoms with Crippen molar-refractivity contribution in [1.82, 2.24) is 0 Å². The number of para-hydroxylation sites is 2. The molecule has 0 spiro atoms. The minimum atomic E-state index is -0.679. The lowest BCUT2D eigenvalue weighted by molar-refractivity contribution is 0.0601. The number of carbonyl (C=O) groups is 3. The highest BCUT2D eigenvalue weighted by atomic mass is 35.5. The van der Waals surface area contributed by atoms with Gasteiger partial charge in [-0.3, -0.25) is 9.59 Å². The number of thiophene rings is 1. The zero-order valence-electron chi connectivity index (χ0n) is 18.0. The lowest BCUT2D eigenvalue weighted by atomic mass is 10.1. The molecule has 3 aromatic rings. The van der Waals surface area contributed by atoms with Crippen LogP contribution < -0.4 is 15.4 Å². The van der Waals surface area contributed by atoms with Gasteiger partial charge in [0, 0.05) is 5.56 Å². The van der Waals surface area contributed by atoms with Crippen molar-refractivity contribution >= 4 is 63.0 Å². The Kier molecular flexibility index (Phi) is 7.97. The van der Waals surface area contributed by atoms with Crippen molar-refractivity contribution in [2.75, 3.05) is 24.4 Å². The first-order valence-electron chi connectivity index (χ1n) is 9.78. The number of anilines is 2. The van der Waals surface area contributed by atoms with Gasteiger partial charge in [0.05, 0.1) is 39.9 Å². The molecule has 33 heavy (non-hydrogen) atoms. The summed E-state index contributed by atoms with van der Waals surface area (Å²) in [6.45, 7) is 3.89. The molecule has 1 aromatic heterocycles. The fourth-order valence-electron chi connectivity index (χ4n) is 3.01. The maximum Gasteiger partial charge on any atom is 0.341 e. The number of rotatable bonds is 7. The Hall–Kier alpha value is -3.07. The summed E-state index contributed by atoms with van der Waals surface area (Å²) in [5.41, 5.74) is 1.20. The van der Waals surface area contributed by atoms with E-state index in [0.29, 0.717) is 28.6 Å². The first kappa shape index (κ1) is 24.6. The summed E-state index contributed by atoms with van der Waals surface area (Å²) in [5.74, 6) is -1.13. The molecule has 1 heterocycles. The van der Waals surface area contributed by atoms with Gasteiger partial charge in [0.25, 0.3) is 11.8 Å². The quantitative estimate of drug-likeness (QED) is 0.380. The van der Waals surface area contributed by atoms with Crippen LogP contribution in [0.25, 0.3) is 0 Å². The molecule has 0 atom stereocenters. The van der Waals surface area contributed by atoms with Gasteiger partial charge in [0.1, 0.15) is 10.8 Å². The van der Waals surface area contributed by atoms with Gasteiger partial charge >= 0.3 is 5.97 Å². The highest BCUT2D eigenvalue weighted by Crippen LogP contribution is 2.35. The van der Waals surface area contributed by atoms with Crippen molar-refractivity contribution in [1.29, 1.82) is 0 Å². The summed E-state index contributed by atoms with van der Waals surface area (Å²) in [4.78, 5) is 38.5. The zero-order valence-corrected chi connectivity index (χ0v) is 20.3. The Morgan fingerprint density at radius 3 is 2.39 bits per heavy atom. The topological polar surface area (TPSA) is 93.7 Å². The molecule has 0 aliphatic heterocycles. The van der Waals surface area contributed by atoms with Crippen molar-refractivity contribution in [3.63, 3.8) is 0 Å². The monoisotopic (exact) mass is 506 g/mol. The Morgan fingerprint density at radius 1 is 1.00 bits per heavy atom. The number of hydrogen-bond donors (Lipinski definition) is 2. The molecule has 2 aromatic carbocycles. The van der Waals surface area contributed by atoms with Crippen LogP contribution >= 0.6 is 34.5 Å². The molecule has 0 bridgehead atoms. The van der Waals surface area contributed by atoms with Crippen LogP contribution in [0.15, 0.2) is 42.5 Å². The minimum Gasteiger partial charge on any atom is -0.492 e. The molecule has 10 heteroatoms. The molecular formula is C23H20Cl2N2O5S. The molecule has 0 saturated heterocycles. The standard InChI is InChI=1S/C23H20Cl2N2O5S/c1-4-32-17-8-6-5-7-16(17)26-21(29)19-12(2)18(23(30)31-3)22(33-19)27-20(28)13-9-10-14(24)15(25)11-13/h5-11H,4H2,1-3H3,(H,26,29)(H,27,28). The first-order valence-corrected chi connectivity index (χ1v) is 11.3. The molecule has 172 valence electrons. The summed E-state index contributed by atoms with van der Waals surface area (Å²) >= 11 is 12.9. The summed E-state index contributed by atoms with van der Waals surface area (Å²) < 4.78 is 10.4. The Morgan fingerprint density at radius 2 is 1.73 bits per heavy atom. The van der Waals surface area contributed by atoms with Gasteiger partial charge < -0.3 is 20.1 Å². The Bertz CT molecular complexity index is 1230.